The van der Waals surface area contributed by atoms with Gasteiger partial charge >= 0.3 is 0 Å². The van der Waals surface area contributed by atoms with Crippen LogP contribution in [0.4, 0.5) is 0 Å². The van der Waals surface area contributed by atoms with Gasteiger partial charge in [-0.05, 0) is 44.6 Å². The summed E-state index contributed by atoms with van der Waals surface area (Å²) in [5.74, 6) is 0.476. The van der Waals surface area contributed by atoms with Gasteiger partial charge in [-0.3, -0.25) is 4.90 Å². The lowest BCUT2D eigenvalue weighted by Gasteiger charge is -2.39. The quantitative estimate of drug-likeness (QED) is 0.739. The molecule has 1 aliphatic carbocycles. The zero-order chi connectivity index (χ0) is 13.9. The molecule has 0 radical (unpaired) electrons. The van der Waals surface area contributed by atoms with Gasteiger partial charge in [0.25, 0.3) is 0 Å². The van der Waals surface area contributed by atoms with E-state index in [0.29, 0.717) is 18.5 Å². The van der Waals surface area contributed by atoms with E-state index in [9.17, 15) is 8.42 Å². The SMILES string of the molecule is CN(C[C@H]1CCCN([C@H]2C=CCCC2)C1)S(C)(=O)=O. The summed E-state index contributed by atoms with van der Waals surface area (Å²) in [6.45, 7) is 2.86. The van der Waals surface area contributed by atoms with E-state index in [-0.39, 0.29) is 0 Å². The van der Waals surface area contributed by atoms with Gasteiger partial charge in [-0.25, -0.2) is 12.7 Å². The van der Waals surface area contributed by atoms with Crippen molar-refractivity contribution < 1.29 is 8.42 Å². The van der Waals surface area contributed by atoms with Gasteiger partial charge in [0.15, 0.2) is 0 Å². The van der Waals surface area contributed by atoms with Crippen molar-refractivity contribution in [1.29, 1.82) is 0 Å². The van der Waals surface area contributed by atoms with Crippen LogP contribution in [0.1, 0.15) is 32.1 Å². The molecule has 2 atom stereocenters. The third-order valence-corrected chi connectivity index (χ3v) is 5.61. The van der Waals surface area contributed by atoms with Crippen LogP contribution in [0.5, 0.6) is 0 Å². The first kappa shape index (κ1) is 15.0. The van der Waals surface area contributed by atoms with E-state index in [1.807, 2.05) is 0 Å². The van der Waals surface area contributed by atoms with Gasteiger partial charge in [0.05, 0.1) is 6.26 Å². The van der Waals surface area contributed by atoms with Crippen molar-refractivity contribution >= 4 is 10.0 Å². The summed E-state index contributed by atoms with van der Waals surface area (Å²) in [6.07, 6.45) is 12.0. The second-order valence-corrected chi connectivity index (χ2v) is 8.06. The molecular weight excluding hydrogens is 260 g/mol. The van der Waals surface area contributed by atoms with Gasteiger partial charge in [0.2, 0.25) is 10.0 Å². The highest BCUT2D eigenvalue weighted by molar-refractivity contribution is 7.88. The minimum Gasteiger partial charge on any atom is -0.297 e. The van der Waals surface area contributed by atoms with Crippen LogP contribution in [0, 0.1) is 5.92 Å². The lowest BCUT2D eigenvalue weighted by Crippen LogP contribution is -2.45. The molecule has 0 spiro atoms. The first-order chi connectivity index (χ1) is 8.97. The van der Waals surface area contributed by atoms with Gasteiger partial charge in [0.1, 0.15) is 0 Å². The molecule has 1 heterocycles. The maximum Gasteiger partial charge on any atom is 0.210 e. The fourth-order valence-electron chi connectivity index (χ4n) is 3.15. The van der Waals surface area contributed by atoms with Crippen molar-refractivity contribution in [2.45, 2.75) is 38.1 Å². The predicted molar refractivity (Wildman–Crippen MR) is 78.5 cm³/mol. The van der Waals surface area contributed by atoms with Crippen LogP contribution in [0.3, 0.4) is 0 Å². The summed E-state index contributed by atoms with van der Waals surface area (Å²) in [5.41, 5.74) is 0. The summed E-state index contributed by atoms with van der Waals surface area (Å²) >= 11 is 0. The molecule has 1 fully saturated rings. The third-order valence-electron chi connectivity index (χ3n) is 4.33. The Labute approximate surface area is 117 Å². The van der Waals surface area contributed by atoms with Crippen molar-refractivity contribution in [3.8, 4) is 0 Å². The van der Waals surface area contributed by atoms with Crippen LogP contribution in [0.2, 0.25) is 0 Å². The maximum absolute atomic E-state index is 11.5. The Hall–Kier alpha value is -0.390. The van der Waals surface area contributed by atoms with Gasteiger partial charge < -0.3 is 0 Å². The fraction of sp³-hybridized carbons (Fsp3) is 0.857. The number of rotatable bonds is 4. The minimum absolute atomic E-state index is 0.476. The van der Waals surface area contributed by atoms with Crippen LogP contribution < -0.4 is 0 Å². The van der Waals surface area contributed by atoms with E-state index >= 15 is 0 Å². The van der Waals surface area contributed by atoms with Gasteiger partial charge in [0, 0.05) is 26.2 Å². The number of likely N-dealkylation sites (tertiary alicyclic amines) is 1. The molecule has 0 saturated carbocycles. The van der Waals surface area contributed by atoms with Crippen molar-refractivity contribution in [3.63, 3.8) is 0 Å². The molecule has 0 unspecified atom stereocenters. The molecule has 19 heavy (non-hydrogen) atoms. The second kappa shape index (κ2) is 6.37. The Morgan fingerprint density at radius 1 is 1.32 bits per heavy atom. The first-order valence-electron chi connectivity index (χ1n) is 7.29. The van der Waals surface area contributed by atoms with Crippen molar-refractivity contribution in [2.24, 2.45) is 5.92 Å². The summed E-state index contributed by atoms with van der Waals surface area (Å²) < 4.78 is 24.5. The van der Waals surface area contributed by atoms with E-state index in [1.165, 1.54) is 36.2 Å². The monoisotopic (exact) mass is 286 g/mol. The molecule has 2 rings (SSSR count). The summed E-state index contributed by atoms with van der Waals surface area (Å²) in [7, 11) is -1.35. The normalized spacial score (nSPS) is 29.8. The molecule has 0 bridgehead atoms. The number of nitrogens with zero attached hydrogens (tertiary/aromatic N) is 2. The number of hydrogen-bond donors (Lipinski definition) is 0. The van der Waals surface area contributed by atoms with Crippen LogP contribution in [0.15, 0.2) is 12.2 Å². The van der Waals surface area contributed by atoms with E-state index in [4.69, 9.17) is 0 Å². The van der Waals surface area contributed by atoms with E-state index in [0.717, 1.165) is 19.5 Å². The lowest BCUT2D eigenvalue weighted by molar-refractivity contribution is 0.127. The zero-order valence-corrected chi connectivity index (χ0v) is 12.9. The molecule has 110 valence electrons. The highest BCUT2D eigenvalue weighted by Gasteiger charge is 2.27. The molecular formula is C14H26N2O2S. The summed E-state index contributed by atoms with van der Waals surface area (Å²) in [6, 6.07) is 0.583. The first-order valence-corrected chi connectivity index (χ1v) is 9.13. The second-order valence-electron chi connectivity index (χ2n) is 5.97. The maximum atomic E-state index is 11.5. The summed E-state index contributed by atoms with van der Waals surface area (Å²) in [5, 5.41) is 0. The Bertz CT molecular complexity index is 419. The molecule has 4 nitrogen and oxygen atoms in total. The third kappa shape index (κ3) is 4.29. The van der Waals surface area contributed by atoms with Crippen molar-refractivity contribution in [1.82, 2.24) is 9.21 Å². The Balaban J connectivity index is 1.90. The lowest BCUT2D eigenvalue weighted by atomic mass is 9.93. The number of sulfonamides is 1. The highest BCUT2D eigenvalue weighted by atomic mass is 32.2. The minimum atomic E-state index is -3.04. The van der Waals surface area contributed by atoms with Gasteiger partial charge in [-0.2, -0.15) is 0 Å². The highest BCUT2D eigenvalue weighted by Crippen LogP contribution is 2.24. The Kier molecular flexibility index (Phi) is 5.03. The molecule has 0 aromatic carbocycles. The van der Waals surface area contributed by atoms with Gasteiger partial charge in [-0.15, -0.1) is 0 Å². The van der Waals surface area contributed by atoms with Crippen LogP contribution in [0.25, 0.3) is 0 Å². The molecule has 0 amide bonds. The number of allylic oxidation sites excluding steroid dienone is 1. The predicted octanol–water partition coefficient (Wildman–Crippen LogP) is 1.70. The smallest absolute Gasteiger partial charge is 0.210 e. The molecule has 0 aromatic heterocycles. The van der Waals surface area contributed by atoms with E-state index in [2.05, 4.69) is 17.1 Å². The topological polar surface area (TPSA) is 40.6 Å². The standard InChI is InChI=1S/C14H26N2O2S/c1-15(19(2,17)18)11-13-7-6-10-16(12-13)14-8-4-3-5-9-14/h4,8,13-14H,3,5-7,9-12H2,1-2H3/t13-,14+/m1/s1. The molecule has 0 aromatic rings. The Morgan fingerprint density at radius 3 is 2.74 bits per heavy atom. The average molecular weight is 286 g/mol. The van der Waals surface area contributed by atoms with Crippen LogP contribution in [-0.4, -0.2) is 56.6 Å². The number of piperidine rings is 1. The zero-order valence-electron chi connectivity index (χ0n) is 12.1. The number of hydrogen-bond acceptors (Lipinski definition) is 3. The summed E-state index contributed by atoms with van der Waals surface area (Å²) in [4.78, 5) is 2.54. The van der Waals surface area contributed by atoms with Crippen LogP contribution >= 0.6 is 0 Å². The van der Waals surface area contributed by atoms with Crippen LogP contribution in [-0.2, 0) is 10.0 Å². The molecule has 0 N–H and O–H groups in total. The van der Waals surface area contributed by atoms with Crippen molar-refractivity contribution in [3.05, 3.63) is 12.2 Å². The Morgan fingerprint density at radius 2 is 2.11 bits per heavy atom. The fourth-order valence-corrected chi connectivity index (χ4v) is 3.63. The molecule has 2 aliphatic rings. The van der Waals surface area contributed by atoms with Gasteiger partial charge in [-0.1, -0.05) is 12.2 Å². The largest absolute Gasteiger partial charge is 0.297 e. The van der Waals surface area contributed by atoms with E-state index < -0.39 is 10.0 Å². The molecule has 1 saturated heterocycles. The van der Waals surface area contributed by atoms with E-state index in [1.54, 1.807) is 7.05 Å². The molecule has 1 aliphatic heterocycles. The van der Waals surface area contributed by atoms with Crippen molar-refractivity contribution in [2.75, 3.05) is 32.9 Å². The average Bonchev–Trinajstić information content (AvgIpc) is 2.39. The molecule has 5 heteroatoms.